The van der Waals surface area contributed by atoms with E-state index in [1.165, 1.54) is 17.0 Å². The second-order valence-electron chi connectivity index (χ2n) is 10.6. The molecule has 0 aliphatic carbocycles. The number of likely N-dealkylation sites (N-methyl/N-ethyl adjacent to an activating group) is 1. The van der Waals surface area contributed by atoms with E-state index in [1.807, 2.05) is 11.9 Å². The van der Waals surface area contributed by atoms with E-state index in [9.17, 15) is 27.6 Å². The van der Waals surface area contributed by atoms with Crippen LogP contribution in [0.15, 0.2) is 36.7 Å². The number of piperazine rings is 1. The predicted octanol–water partition coefficient (Wildman–Crippen LogP) is 4.14. The Kier molecular flexibility index (Phi) is 8.09. The number of aromatic nitrogens is 1. The Balaban J connectivity index is 1.50. The van der Waals surface area contributed by atoms with Crippen molar-refractivity contribution in [1.82, 2.24) is 14.8 Å². The maximum absolute atomic E-state index is 13.8. The first kappa shape index (κ1) is 28.7. The standard InChI is InChI=1S/C29H32F4N6O2/c1-19(30)28(40)38-14-12-37(13-15-38)26-21-9-11-39(25-8-4-3-7-23(25)29(31,32)33)17-24(21)35-27(22(26)16-34)41-18-20-6-5-10-36(20)2/h3-4,7-8,20H,1,5-6,9-15,17-18H2,2H3/t20-/m0/s1. The van der Waals surface area contributed by atoms with Crippen molar-refractivity contribution in [2.24, 2.45) is 0 Å². The molecule has 0 bridgehead atoms. The Morgan fingerprint density at radius 2 is 1.88 bits per heavy atom. The second kappa shape index (κ2) is 11.6. The fraction of sp³-hybridized carbons (Fsp3) is 0.483. The summed E-state index contributed by atoms with van der Waals surface area (Å²) in [6, 6.07) is 7.91. The molecule has 1 aromatic heterocycles. The van der Waals surface area contributed by atoms with Crippen LogP contribution in [0.3, 0.4) is 0 Å². The van der Waals surface area contributed by atoms with Crippen molar-refractivity contribution in [3.63, 3.8) is 0 Å². The molecular formula is C29H32F4N6O2. The first-order valence-corrected chi connectivity index (χ1v) is 13.7. The zero-order valence-electron chi connectivity index (χ0n) is 22.9. The molecule has 0 N–H and O–H groups in total. The molecular weight excluding hydrogens is 540 g/mol. The fourth-order valence-electron chi connectivity index (χ4n) is 5.95. The summed E-state index contributed by atoms with van der Waals surface area (Å²) in [5.74, 6) is -1.63. The number of para-hydroxylation sites is 1. The van der Waals surface area contributed by atoms with E-state index in [1.54, 1.807) is 11.0 Å². The van der Waals surface area contributed by atoms with E-state index in [4.69, 9.17) is 9.72 Å². The molecule has 1 atom stereocenters. The molecule has 8 nitrogen and oxygen atoms in total. The van der Waals surface area contributed by atoms with Crippen LogP contribution in [-0.4, -0.2) is 79.7 Å². The van der Waals surface area contributed by atoms with Crippen LogP contribution in [-0.2, 0) is 23.9 Å². The van der Waals surface area contributed by atoms with Crippen molar-refractivity contribution in [2.75, 3.05) is 62.7 Å². The summed E-state index contributed by atoms with van der Waals surface area (Å²) in [5, 5.41) is 10.3. The van der Waals surface area contributed by atoms with Gasteiger partial charge in [0.25, 0.3) is 5.91 Å². The highest BCUT2D eigenvalue weighted by Gasteiger charge is 2.37. The van der Waals surface area contributed by atoms with Gasteiger partial charge in [-0.05, 0) is 45.0 Å². The molecule has 2 fully saturated rings. The van der Waals surface area contributed by atoms with Gasteiger partial charge in [0.1, 0.15) is 18.2 Å². The first-order valence-electron chi connectivity index (χ1n) is 13.7. The van der Waals surface area contributed by atoms with Gasteiger partial charge in [0.05, 0.1) is 23.5 Å². The quantitative estimate of drug-likeness (QED) is 0.381. The predicted molar refractivity (Wildman–Crippen MR) is 145 cm³/mol. The summed E-state index contributed by atoms with van der Waals surface area (Å²) in [6.07, 6.45) is -2.15. The highest BCUT2D eigenvalue weighted by atomic mass is 19.4. The van der Waals surface area contributed by atoms with Gasteiger partial charge in [0, 0.05) is 50.0 Å². The molecule has 2 saturated heterocycles. The molecule has 1 aromatic carbocycles. The van der Waals surface area contributed by atoms with Gasteiger partial charge in [-0.2, -0.15) is 18.4 Å². The van der Waals surface area contributed by atoms with Gasteiger partial charge >= 0.3 is 6.18 Å². The van der Waals surface area contributed by atoms with Crippen molar-refractivity contribution in [3.05, 3.63) is 59.1 Å². The molecule has 41 heavy (non-hydrogen) atoms. The molecule has 3 aliphatic rings. The zero-order valence-corrected chi connectivity index (χ0v) is 22.9. The van der Waals surface area contributed by atoms with E-state index < -0.39 is 23.5 Å². The van der Waals surface area contributed by atoms with E-state index in [0.717, 1.165) is 31.0 Å². The van der Waals surface area contributed by atoms with Crippen LogP contribution in [0, 0.1) is 11.3 Å². The Bertz CT molecular complexity index is 1370. The lowest BCUT2D eigenvalue weighted by Gasteiger charge is -2.39. The molecule has 0 saturated carbocycles. The lowest BCUT2D eigenvalue weighted by Crippen LogP contribution is -2.49. The van der Waals surface area contributed by atoms with Crippen LogP contribution in [0.5, 0.6) is 5.88 Å². The Labute approximate surface area is 236 Å². The maximum Gasteiger partial charge on any atom is 0.418 e. The average molecular weight is 573 g/mol. The van der Waals surface area contributed by atoms with Gasteiger partial charge in [-0.1, -0.05) is 18.7 Å². The number of ether oxygens (including phenoxy) is 1. The minimum Gasteiger partial charge on any atom is -0.475 e. The molecule has 0 unspecified atom stereocenters. The summed E-state index contributed by atoms with van der Waals surface area (Å²) in [4.78, 5) is 24.0. The Hall–Kier alpha value is -3.85. The number of anilines is 2. The highest BCUT2D eigenvalue weighted by Crippen LogP contribution is 2.41. The van der Waals surface area contributed by atoms with Crippen LogP contribution in [0.25, 0.3) is 0 Å². The molecule has 3 aliphatic heterocycles. The Morgan fingerprint density at radius 3 is 2.51 bits per heavy atom. The Morgan fingerprint density at radius 1 is 1.15 bits per heavy atom. The number of nitriles is 1. The van der Waals surface area contributed by atoms with Gasteiger partial charge in [0.15, 0.2) is 5.83 Å². The smallest absolute Gasteiger partial charge is 0.418 e. The normalized spacial score (nSPS) is 19.6. The lowest BCUT2D eigenvalue weighted by atomic mass is 9.97. The number of rotatable bonds is 6. The van der Waals surface area contributed by atoms with Crippen LogP contribution in [0.4, 0.5) is 28.9 Å². The maximum atomic E-state index is 13.8. The van der Waals surface area contributed by atoms with Gasteiger partial charge in [-0.25, -0.2) is 9.37 Å². The summed E-state index contributed by atoms with van der Waals surface area (Å²) in [6.45, 7) is 5.94. The van der Waals surface area contributed by atoms with Gasteiger partial charge in [0.2, 0.25) is 5.88 Å². The SMILES string of the molecule is C=C(F)C(=O)N1CCN(c2c(C#N)c(OC[C@@H]3CCCN3C)nc3c2CCN(c2ccccc2C(F)(F)F)C3)CC1. The van der Waals surface area contributed by atoms with Crippen LogP contribution < -0.4 is 14.5 Å². The van der Waals surface area contributed by atoms with Crippen molar-refractivity contribution in [2.45, 2.75) is 38.0 Å². The number of fused-ring (bicyclic) bond motifs is 1. The van der Waals surface area contributed by atoms with E-state index in [-0.39, 0.29) is 42.8 Å². The number of likely N-dealkylation sites (tertiary alicyclic amines) is 1. The minimum absolute atomic E-state index is 0.0759. The summed E-state index contributed by atoms with van der Waals surface area (Å²) in [5.41, 5.74) is 1.58. The number of halogens is 4. The highest BCUT2D eigenvalue weighted by molar-refractivity contribution is 5.90. The minimum atomic E-state index is -4.51. The van der Waals surface area contributed by atoms with E-state index in [2.05, 4.69) is 17.5 Å². The van der Waals surface area contributed by atoms with Crippen LogP contribution >= 0.6 is 0 Å². The lowest BCUT2D eigenvalue weighted by molar-refractivity contribution is -0.137. The van der Waals surface area contributed by atoms with Crippen molar-refractivity contribution >= 4 is 17.3 Å². The summed E-state index contributed by atoms with van der Waals surface area (Å²) >= 11 is 0. The van der Waals surface area contributed by atoms with Gasteiger partial charge in [-0.3, -0.25) is 4.79 Å². The second-order valence-corrected chi connectivity index (χ2v) is 10.6. The molecule has 218 valence electrons. The monoisotopic (exact) mass is 572 g/mol. The third-order valence-electron chi connectivity index (χ3n) is 8.15. The van der Waals surface area contributed by atoms with Gasteiger partial charge in [-0.15, -0.1) is 0 Å². The number of hydrogen-bond acceptors (Lipinski definition) is 7. The third kappa shape index (κ3) is 5.81. The molecule has 0 spiro atoms. The van der Waals surface area contributed by atoms with Crippen LogP contribution in [0.1, 0.15) is 35.2 Å². The molecule has 5 rings (SSSR count). The number of pyridine rings is 1. The summed E-state index contributed by atoms with van der Waals surface area (Å²) in [7, 11) is 2.01. The number of nitrogens with zero attached hydrogens (tertiary/aromatic N) is 6. The number of benzene rings is 1. The largest absolute Gasteiger partial charge is 0.475 e. The van der Waals surface area contributed by atoms with Gasteiger partial charge < -0.3 is 24.3 Å². The van der Waals surface area contributed by atoms with Crippen molar-refractivity contribution in [3.8, 4) is 11.9 Å². The molecule has 0 radical (unpaired) electrons. The van der Waals surface area contributed by atoms with Crippen LogP contribution in [0.2, 0.25) is 0 Å². The fourth-order valence-corrected chi connectivity index (χ4v) is 5.95. The summed E-state index contributed by atoms with van der Waals surface area (Å²) < 4.78 is 61.1. The molecule has 2 aromatic rings. The number of amides is 1. The number of hydrogen-bond donors (Lipinski definition) is 0. The van der Waals surface area contributed by atoms with Crippen molar-refractivity contribution < 1.29 is 27.1 Å². The number of carbonyl (C=O) groups excluding carboxylic acids is 1. The van der Waals surface area contributed by atoms with E-state index >= 15 is 0 Å². The van der Waals surface area contributed by atoms with Crippen molar-refractivity contribution in [1.29, 1.82) is 5.26 Å². The third-order valence-corrected chi connectivity index (χ3v) is 8.15. The number of carbonyl (C=O) groups is 1. The van der Waals surface area contributed by atoms with E-state index in [0.29, 0.717) is 44.0 Å². The number of alkyl halides is 3. The zero-order chi connectivity index (χ0) is 29.3. The topological polar surface area (TPSA) is 75.9 Å². The molecule has 4 heterocycles. The average Bonchev–Trinajstić information content (AvgIpc) is 3.38. The molecule has 1 amide bonds. The first-order chi connectivity index (χ1) is 19.6. The molecule has 12 heteroatoms.